The zero-order valence-corrected chi connectivity index (χ0v) is 10.1. The molecule has 0 amide bonds. The van der Waals surface area contributed by atoms with Crippen LogP contribution in [0.4, 0.5) is 0 Å². The van der Waals surface area contributed by atoms with Gasteiger partial charge in [-0.3, -0.25) is 4.79 Å². The standard InChI is InChI=1S/C14H20O/c1-5-13-11(4)7-6-8-12(13)9-14(15)10(2)3/h6-8,10H,5,9H2,1-4H3. The summed E-state index contributed by atoms with van der Waals surface area (Å²) in [5, 5.41) is 0. The number of carbonyl (C=O) groups is 1. The van der Waals surface area contributed by atoms with E-state index in [4.69, 9.17) is 0 Å². The molecule has 1 aromatic rings. The van der Waals surface area contributed by atoms with Crippen LogP contribution >= 0.6 is 0 Å². The topological polar surface area (TPSA) is 17.1 Å². The maximum Gasteiger partial charge on any atom is 0.139 e. The minimum atomic E-state index is 0.134. The third kappa shape index (κ3) is 2.92. The van der Waals surface area contributed by atoms with Gasteiger partial charge < -0.3 is 0 Å². The summed E-state index contributed by atoms with van der Waals surface area (Å²) in [6, 6.07) is 6.23. The highest BCUT2D eigenvalue weighted by Gasteiger charge is 2.11. The molecule has 15 heavy (non-hydrogen) atoms. The number of benzene rings is 1. The van der Waals surface area contributed by atoms with Crippen LogP contribution in [0, 0.1) is 12.8 Å². The highest BCUT2D eigenvalue weighted by Crippen LogP contribution is 2.16. The molecule has 1 nitrogen and oxygen atoms in total. The van der Waals surface area contributed by atoms with Crippen LogP contribution in [-0.4, -0.2) is 5.78 Å². The van der Waals surface area contributed by atoms with Crippen LogP contribution in [-0.2, 0) is 17.6 Å². The fourth-order valence-electron chi connectivity index (χ4n) is 1.83. The van der Waals surface area contributed by atoms with E-state index in [9.17, 15) is 4.79 Å². The number of aryl methyl sites for hydroxylation is 1. The van der Waals surface area contributed by atoms with Gasteiger partial charge in [0.2, 0.25) is 0 Å². The second-order valence-corrected chi connectivity index (χ2v) is 4.36. The summed E-state index contributed by atoms with van der Waals surface area (Å²) in [7, 11) is 0. The predicted molar refractivity (Wildman–Crippen MR) is 64.1 cm³/mol. The fraction of sp³-hybridized carbons (Fsp3) is 0.500. The van der Waals surface area contributed by atoms with Crippen molar-refractivity contribution in [1.82, 2.24) is 0 Å². The van der Waals surface area contributed by atoms with Crippen LogP contribution in [0.5, 0.6) is 0 Å². The lowest BCUT2D eigenvalue weighted by Gasteiger charge is -2.11. The fourth-order valence-corrected chi connectivity index (χ4v) is 1.83. The molecule has 1 rings (SSSR count). The van der Waals surface area contributed by atoms with E-state index < -0.39 is 0 Å². The Bertz CT molecular complexity index is 350. The van der Waals surface area contributed by atoms with E-state index in [1.54, 1.807) is 0 Å². The first kappa shape index (κ1) is 12.0. The minimum absolute atomic E-state index is 0.134. The normalized spacial score (nSPS) is 10.7. The van der Waals surface area contributed by atoms with Crippen LogP contribution in [0.2, 0.25) is 0 Å². The highest BCUT2D eigenvalue weighted by molar-refractivity contribution is 5.83. The molecule has 0 aliphatic rings. The molecule has 0 N–H and O–H groups in total. The lowest BCUT2D eigenvalue weighted by Crippen LogP contribution is -2.12. The van der Waals surface area contributed by atoms with E-state index in [1.807, 2.05) is 19.9 Å². The summed E-state index contributed by atoms with van der Waals surface area (Å²) in [4.78, 5) is 11.7. The third-order valence-corrected chi connectivity index (χ3v) is 2.87. The smallest absolute Gasteiger partial charge is 0.139 e. The summed E-state index contributed by atoms with van der Waals surface area (Å²) >= 11 is 0. The summed E-state index contributed by atoms with van der Waals surface area (Å²) in [6.07, 6.45) is 1.59. The van der Waals surface area contributed by atoms with Gasteiger partial charge in [-0.2, -0.15) is 0 Å². The molecule has 0 spiro atoms. The molecule has 82 valence electrons. The first-order valence-electron chi connectivity index (χ1n) is 5.66. The molecule has 0 saturated heterocycles. The van der Waals surface area contributed by atoms with Gasteiger partial charge in [0.05, 0.1) is 0 Å². The zero-order valence-electron chi connectivity index (χ0n) is 10.1. The van der Waals surface area contributed by atoms with Crippen molar-refractivity contribution in [2.45, 2.75) is 40.5 Å². The molecule has 0 unspecified atom stereocenters. The maximum atomic E-state index is 11.7. The van der Waals surface area contributed by atoms with Crippen molar-refractivity contribution in [3.05, 3.63) is 34.9 Å². The molecule has 0 fully saturated rings. The molecule has 0 aliphatic carbocycles. The van der Waals surface area contributed by atoms with E-state index in [0.29, 0.717) is 12.2 Å². The second kappa shape index (κ2) is 5.11. The third-order valence-electron chi connectivity index (χ3n) is 2.87. The lowest BCUT2D eigenvalue weighted by molar-refractivity contribution is -0.121. The number of ketones is 1. The van der Waals surface area contributed by atoms with Crippen LogP contribution in [0.3, 0.4) is 0 Å². The average Bonchev–Trinajstić information content (AvgIpc) is 2.18. The van der Waals surface area contributed by atoms with Gasteiger partial charge in [-0.15, -0.1) is 0 Å². The Morgan fingerprint density at radius 3 is 2.53 bits per heavy atom. The van der Waals surface area contributed by atoms with Crippen molar-refractivity contribution in [2.24, 2.45) is 5.92 Å². The zero-order chi connectivity index (χ0) is 11.4. The van der Waals surface area contributed by atoms with Gasteiger partial charge in [0.15, 0.2) is 0 Å². The summed E-state index contributed by atoms with van der Waals surface area (Å²) in [5.74, 6) is 0.463. The molecular formula is C14H20O. The van der Waals surface area contributed by atoms with Crippen molar-refractivity contribution in [3.8, 4) is 0 Å². The van der Waals surface area contributed by atoms with Crippen LogP contribution in [0.15, 0.2) is 18.2 Å². The molecule has 0 aliphatic heterocycles. The number of rotatable bonds is 4. The van der Waals surface area contributed by atoms with Crippen LogP contribution in [0.25, 0.3) is 0 Å². The van der Waals surface area contributed by atoms with Crippen molar-refractivity contribution in [3.63, 3.8) is 0 Å². The average molecular weight is 204 g/mol. The minimum Gasteiger partial charge on any atom is -0.299 e. The predicted octanol–water partition coefficient (Wildman–Crippen LogP) is 3.33. The summed E-state index contributed by atoms with van der Waals surface area (Å²) in [6.45, 7) is 8.18. The number of hydrogen-bond acceptors (Lipinski definition) is 1. The van der Waals surface area contributed by atoms with Crippen LogP contribution in [0.1, 0.15) is 37.5 Å². The van der Waals surface area contributed by atoms with Gasteiger partial charge in [0, 0.05) is 12.3 Å². The summed E-state index contributed by atoms with van der Waals surface area (Å²) < 4.78 is 0. The molecular weight excluding hydrogens is 184 g/mol. The monoisotopic (exact) mass is 204 g/mol. The molecule has 0 atom stereocenters. The molecule has 0 radical (unpaired) electrons. The van der Waals surface area contributed by atoms with E-state index in [2.05, 4.69) is 26.0 Å². The number of Topliss-reactive ketones (excluding diaryl/α,β-unsaturated/α-hetero) is 1. The van der Waals surface area contributed by atoms with Crippen molar-refractivity contribution < 1.29 is 4.79 Å². The molecule has 0 heterocycles. The van der Waals surface area contributed by atoms with E-state index >= 15 is 0 Å². The first-order valence-corrected chi connectivity index (χ1v) is 5.66. The van der Waals surface area contributed by atoms with E-state index in [1.165, 1.54) is 16.7 Å². The van der Waals surface area contributed by atoms with Crippen molar-refractivity contribution in [1.29, 1.82) is 0 Å². The second-order valence-electron chi connectivity index (χ2n) is 4.36. The van der Waals surface area contributed by atoms with Gasteiger partial charge in [-0.05, 0) is 30.0 Å². The Kier molecular flexibility index (Phi) is 4.07. The van der Waals surface area contributed by atoms with Gasteiger partial charge in [-0.25, -0.2) is 0 Å². The molecule has 1 heteroatoms. The first-order chi connectivity index (χ1) is 7.06. The number of hydrogen-bond donors (Lipinski definition) is 0. The van der Waals surface area contributed by atoms with Crippen LogP contribution < -0.4 is 0 Å². The van der Waals surface area contributed by atoms with E-state index in [-0.39, 0.29) is 5.92 Å². The maximum absolute atomic E-state index is 11.7. The van der Waals surface area contributed by atoms with Gasteiger partial charge >= 0.3 is 0 Å². The molecule has 0 saturated carbocycles. The Hall–Kier alpha value is -1.11. The van der Waals surface area contributed by atoms with Gasteiger partial charge in [0.1, 0.15) is 5.78 Å². The lowest BCUT2D eigenvalue weighted by atomic mass is 9.93. The van der Waals surface area contributed by atoms with Gasteiger partial charge in [-0.1, -0.05) is 39.0 Å². The Labute approximate surface area is 92.5 Å². The quantitative estimate of drug-likeness (QED) is 0.735. The van der Waals surface area contributed by atoms with E-state index in [0.717, 1.165) is 6.42 Å². The number of carbonyl (C=O) groups excluding carboxylic acids is 1. The highest BCUT2D eigenvalue weighted by atomic mass is 16.1. The Morgan fingerprint density at radius 1 is 1.33 bits per heavy atom. The Morgan fingerprint density at radius 2 is 2.00 bits per heavy atom. The SMILES string of the molecule is CCc1c(C)cccc1CC(=O)C(C)C. The summed E-state index contributed by atoms with van der Waals surface area (Å²) in [5.41, 5.74) is 3.84. The largest absolute Gasteiger partial charge is 0.299 e. The van der Waals surface area contributed by atoms with Crippen molar-refractivity contribution >= 4 is 5.78 Å². The molecule has 0 bridgehead atoms. The van der Waals surface area contributed by atoms with Crippen molar-refractivity contribution in [2.75, 3.05) is 0 Å². The molecule has 0 aromatic heterocycles. The molecule has 1 aromatic carbocycles. The Balaban J connectivity index is 2.94. The van der Waals surface area contributed by atoms with Gasteiger partial charge in [0.25, 0.3) is 0 Å².